The minimum absolute atomic E-state index is 0.0191. The minimum atomic E-state index is -3.89. The number of anilines is 1. The zero-order valence-electron chi connectivity index (χ0n) is 14.1. The Morgan fingerprint density at radius 1 is 1.48 bits per heavy atom. The Bertz CT molecular complexity index is 950. The molecule has 2 atom stereocenters. The van der Waals surface area contributed by atoms with Gasteiger partial charge in [-0.3, -0.25) is 4.79 Å². The second-order valence-corrected chi connectivity index (χ2v) is 8.96. The third-order valence-corrected chi connectivity index (χ3v) is 6.97. The lowest BCUT2D eigenvalue weighted by molar-refractivity contribution is -0.120. The summed E-state index contributed by atoms with van der Waals surface area (Å²) in [7, 11) is -3.89. The van der Waals surface area contributed by atoms with Crippen LogP contribution in [0.3, 0.4) is 0 Å². The molecule has 1 aliphatic heterocycles. The highest BCUT2D eigenvalue weighted by atomic mass is 35.5. The van der Waals surface area contributed by atoms with Crippen molar-refractivity contribution in [3.05, 3.63) is 64.1 Å². The van der Waals surface area contributed by atoms with Gasteiger partial charge in [-0.15, -0.1) is 17.9 Å². The van der Waals surface area contributed by atoms with E-state index >= 15 is 0 Å². The molecule has 144 valence electrons. The van der Waals surface area contributed by atoms with Gasteiger partial charge in [0.25, 0.3) is 10.2 Å². The lowest BCUT2D eigenvalue weighted by Crippen LogP contribution is -2.57. The zero-order chi connectivity index (χ0) is 19.6. The molecule has 1 fully saturated rings. The molecule has 0 radical (unpaired) electrons. The fourth-order valence-corrected chi connectivity index (χ4v) is 5.44. The summed E-state index contributed by atoms with van der Waals surface area (Å²) in [6.07, 6.45) is 1.66. The molecule has 1 aromatic heterocycles. The molecule has 10 heteroatoms. The summed E-state index contributed by atoms with van der Waals surface area (Å²) in [6, 6.07) is 5.94. The molecule has 6 nitrogen and oxygen atoms in total. The maximum Gasteiger partial charge on any atom is 0.281 e. The van der Waals surface area contributed by atoms with Crippen molar-refractivity contribution in [3.63, 3.8) is 0 Å². The molecular formula is C17H17ClFN3O3S2. The summed E-state index contributed by atoms with van der Waals surface area (Å²) in [5.74, 6) is -1.13. The van der Waals surface area contributed by atoms with Gasteiger partial charge < -0.3 is 5.32 Å². The number of hydrogen-bond acceptors (Lipinski definition) is 4. The quantitative estimate of drug-likeness (QED) is 0.715. The molecule has 0 unspecified atom stereocenters. The predicted octanol–water partition coefficient (Wildman–Crippen LogP) is 3.32. The Balaban J connectivity index is 1.88. The van der Waals surface area contributed by atoms with E-state index in [4.69, 9.17) is 11.6 Å². The number of nitrogens with one attached hydrogen (secondary N) is 2. The molecule has 0 saturated carbocycles. The van der Waals surface area contributed by atoms with E-state index in [1.807, 2.05) is 17.5 Å². The van der Waals surface area contributed by atoms with E-state index in [2.05, 4.69) is 16.6 Å². The Morgan fingerprint density at radius 2 is 2.26 bits per heavy atom. The highest BCUT2D eigenvalue weighted by Gasteiger charge is 2.42. The molecule has 2 N–H and O–H groups in total. The van der Waals surface area contributed by atoms with E-state index in [1.165, 1.54) is 29.5 Å². The topological polar surface area (TPSA) is 78.5 Å². The fourth-order valence-electron chi connectivity index (χ4n) is 2.86. The predicted molar refractivity (Wildman–Crippen MR) is 104 cm³/mol. The van der Waals surface area contributed by atoms with Crippen LogP contribution < -0.4 is 10.0 Å². The van der Waals surface area contributed by atoms with Crippen molar-refractivity contribution in [2.75, 3.05) is 11.9 Å². The SMILES string of the molecule is C=CCN1[C@@H](C(=O)Nc2ccc(F)c(Cl)c2)C[C@@H](c2cccs2)NS1(=O)=O. The highest BCUT2D eigenvalue weighted by Crippen LogP contribution is 2.32. The first-order chi connectivity index (χ1) is 12.8. The summed E-state index contributed by atoms with van der Waals surface area (Å²) in [5, 5.41) is 4.33. The first-order valence-corrected chi connectivity index (χ1v) is 10.7. The Labute approximate surface area is 165 Å². The number of benzene rings is 1. The van der Waals surface area contributed by atoms with Crippen LogP contribution >= 0.6 is 22.9 Å². The molecule has 1 aliphatic rings. The average Bonchev–Trinajstić information content (AvgIpc) is 3.14. The molecule has 1 amide bonds. The van der Waals surface area contributed by atoms with E-state index < -0.39 is 34.0 Å². The second-order valence-electron chi connectivity index (χ2n) is 5.92. The number of nitrogens with zero attached hydrogens (tertiary/aromatic N) is 1. The summed E-state index contributed by atoms with van der Waals surface area (Å²) in [4.78, 5) is 13.7. The third kappa shape index (κ3) is 4.39. The monoisotopic (exact) mass is 429 g/mol. The summed E-state index contributed by atoms with van der Waals surface area (Å²) in [6.45, 7) is 3.55. The summed E-state index contributed by atoms with van der Waals surface area (Å²) < 4.78 is 42.3. The average molecular weight is 430 g/mol. The second kappa shape index (κ2) is 8.07. The van der Waals surface area contributed by atoms with Crippen LogP contribution in [0, 0.1) is 5.82 Å². The van der Waals surface area contributed by atoms with E-state index in [0.29, 0.717) is 0 Å². The van der Waals surface area contributed by atoms with Gasteiger partial charge in [0.15, 0.2) is 0 Å². The zero-order valence-corrected chi connectivity index (χ0v) is 16.5. The van der Waals surface area contributed by atoms with Crippen molar-refractivity contribution in [3.8, 4) is 0 Å². The van der Waals surface area contributed by atoms with Crippen molar-refractivity contribution >= 4 is 44.7 Å². The highest BCUT2D eigenvalue weighted by molar-refractivity contribution is 7.87. The maximum absolute atomic E-state index is 13.3. The van der Waals surface area contributed by atoms with Crippen molar-refractivity contribution in [2.24, 2.45) is 0 Å². The standard InChI is InChI=1S/C17H17ClFN3O3S2/c1-2-7-22-15(17(23)20-11-5-6-13(19)12(18)9-11)10-14(21-27(22,24)25)16-4-3-8-26-16/h2-6,8-9,14-15,21H,1,7,10H2,(H,20,23)/t14-,15+/m0/s1. The van der Waals surface area contributed by atoms with Gasteiger partial charge in [0.1, 0.15) is 11.9 Å². The lowest BCUT2D eigenvalue weighted by atomic mass is 10.0. The molecule has 1 saturated heterocycles. The van der Waals surface area contributed by atoms with Gasteiger partial charge in [0, 0.05) is 17.1 Å². The van der Waals surface area contributed by atoms with Crippen LogP contribution in [0.5, 0.6) is 0 Å². The van der Waals surface area contributed by atoms with Crippen LogP contribution in [0.2, 0.25) is 5.02 Å². The molecule has 0 spiro atoms. The number of thiophene rings is 1. The van der Waals surface area contributed by atoms with Gasteiger partial charge in [-0.2, -0.15) is 17.4 Å². The lowest BCUT2D eigenvalue weighted by Gasteiger charge is -2.37. The molecule has 2 aromatic rings. The van der Waals surface area contributed by atoms with Gasteiger partial charge in [-0.1, -0.05) is 23.7 Å². The normalized spacial score (nSPS) is 22.3. The van der Waals surface area contributed by atoms with Gasteiger partial charge in [0.2, 0.25) is 5.91 Å². The Kier molecular flexibility index (Phi) is 5.97. The van der Waals surface area contributed by atoms with Gasteiger partial charge in [-0.05, 0) is 36.1 Å². The first-order valence-electron chi connectivity index (χ1n) is 8.01. The Hall–Kier alpha value is -1.78. The van der Waals surface area contributed by atoms with E-state index in [-0.39, 0.29) is 23.7 Å². The van der Waals surface area contributed by atoms with Crippen LogP contribution in [-0.2, 0) is 15.0 Å². The van der Waals surface area contributed by atoms with Crippen molar-refractivity contribution in [1.82, 2.24) is 9.03 Å². The van der Waals surface area contributed by atoms with Gasteiger partial charge >= 0.3 is 0 Å². The molecule has 1 aromatic carbocycles. The number of hydrogen-bond donors (Lipinski definition) is 2. The van der Waals surface area contributed by atoms with Gasteiger partial charge in [-0.25, -0.2) is 4.39 Å². The molecule has 2 heterocycles. The number of halogens is 2. The molecule has 3 rings (SSSR count). The van der Waals surface area contributed by atoms with Crippen LogP contribution in [-0.4, -0.2) is 31.2 Å². The number of amides is 1. The van der Waals surface area contributed by atoms with E-state index in [1.54, 1.807) is 0 Å². The van der Waals surface area contributed by atoms with Gasteiger partial charge in [0.05, 0.1) is 11.1 Å². The number of carbonyl (C=O) groups excluding carboxylic acids is 1. The van der Waals surface area contributed by atoms with Crippen molar-refractivity contribution in [2.45, 2.75) is 18.5 Å². The summed E-state index contributed by atoms with van der Waals surface area (Å²) in [5.41, 5.74) is 0.286. The third-order valence-electron chi connectivity index (χ3n) is 4.09. The molecule has 27 heavy (non-hydrogen) atoms. The smallest absolute Gasteiger partial charge is 0.281 e. The van der Waals surface area contributed by atoms with Crippen molar-refractivity contribution in [1.29, 1.82) is 0 Å². The van der Waals surface area contributed by atoms with Crippen molar-refractivity contribution < 1.29 is 17.6 Å². The van der Waals surface area contributed by atoms with E-state index in [9.17, 15) is 17.6 Å². The van der Waals surface area contributed by atoms with E-state index in [0.717, 1.165) is 15.2 Å². The van der Waals surface area contributed by atoms with Crippen LogP contribution in [0.4, 0.5) is 10.1 Å². The first kappa shape index (κ1) is 20.0. The maximum atomic E-state index is 13.3. The van der Waals surface area contributed by atoms with Crippen LogP contribution in [0.1, 0.15) is 17.3 Å². The largest absolute Gasteiger partial charge is 0.325 e. The minimum Gasteiger partial charge on any atom is -0.325 e. The number of rotatable bonds is 5. The van der Waals surface area contributed by atoms with Crippen LogP contribution in [0.25, 0.3) is 0 Å². The molecule has 0 bridgehead atoms. The molecule has 0 aliphatic carbocycles. The number of carbonyl (C=O) groups is 1. The Morgan fingerprint density at radius 3 is 2.89 bits per heavy atom. The summed E-state index contributed by atoms with van der Waals surface area (Å²) >= 11 is 7.15. The van der Waals surface area contributed by atoms with Crippen LogP contribution in [0.15, 0.2) is 48.4 Å². The molecular weight excluding hydrogens is 413 g/mol. The fraction of sp³-hybridized carbons (Fsp3) is 0.235.